The molecule has 0 bridgehead atoms. The molecule has 0 fully saturated rings. The smallest absolute Gasteiger partial charge is 0.326 e. The van der Waals surface area contributed by atoms with Crippen molar-refractivity contribution in [2.45, 2.75) is 237 Å². The number of hydrogen-bond donors (Lipinski definition) is 27. The molecule has 0 radical (unpaired) electrons. The minimum atomic E-state index is -1.90. The molecule has 46 heteroatoms. The number of nitrogens with zero attached hydrogens (tertiary/aromatic N) is 2. The molecule has 0 rings (SSSR count). The van der Waals surface area contributed by atoms with E-state index in [0.717, 1.165) is 13.8 Å². The molecule has 0 saturated heterocycles. The Bertz CT molecular complexity index is 3250. The summed E-state index contributed by atoms with van der Waals surface area (Å²) in [6, 6.07) is -23.3. The van der Waals surface area contributed by atoms with Crippen LogP contribution >= 0.6 is 25.3 Å². The van der Waals surface area contributed by atoms with Gasteiger partial charge >= 0.3 is 5.97 Å². The van der Waals surface area contributed by atoms with Crippen LogP contribution in [0.5, 0.6) is 0 Å². The van der Waals surface area contributed by atoms with E-state index in [9.17, 15) is 102 Å². The molecule has 0 aromatic carbocycles. The molecule has 0 aromatic rings. The largest absolute Gasteiger partial charge is 0.480 e. The second-order valence-electron chi connectivity index (χ2n) is 27.3. The van der Waals surface area contributed by atoms with Gasteiger partial charge in [0.05, 0.1) is 37.6 Å². The molecule has 0 unspecified atom stereocenters. The average molecular weight is 1610 g/mol. The standard InChI is InChI=1S/C64H115N23O21S2/c1-12-28(8)46(85-53(98)36(21-41(66)92)79-56(101)43(68)29(9)88)59(104)84-45(27(6)7)58(103)87-48(31(11)90)60(105)76-32(15-13-17-73-63(69)70)49(94)81-38(23-109)54(99)77-34(19-25(2)3)51(96)78-35(20-40(65)91)52(97)75-33(16-14-18-74-64(71)72)50(95)83-44(26(4)5)57(102)82-39(24-110)55(100)86-47(30(10)89)61(106)80-37(62(107)108)22-42(67)93/h25-39,43-48,88-90,109-110H,12-24,68H2,1-11H3,(H2,65,91)(H2,66,92)(H2,67,93)(H,75,97)(H,76,105)(H,77,99)(H,78,96)(H,79,101)(H,80,106)(H,81,94)(H,82,102)(H,83,95)(H,84,104)(H,85,98)(H,86,100)(H,87,103)(H,107,108)(H4,69,70,73)(H4,71,72,74)/t28-,29+,30+,31+,32-,33-,34-,35-,36-,37-,38-,39-,43-,44-,45-,46-,47-,48-/m0/s1. The van der Waals surface area contributed by atoms with Gasteiger partial charge in [0.25, 0.3) is 0 Å². The number of carbonyl (C=O) groups excluding carboxylic acids is 16. The maximum atomic E-state index is 14.4. The predicted molar refractivity (Wildman–Crippen MR) is 403 cm³/mol. The second kappa shape index (κ2) is 50.0. The third-order valence-corrected chi connectivity index (χ3v) is 17.2. The van der Waals surface area contributed by atoms with Crippen LogP contribution in [0.25, 0.3) is 0 Å². The van der Waals surface area contributed by atoms with E-state index in [1.165, 1.54) is 34.6 Å². The summed E-state index contributed by atoms with van der Waals surface area (Å²) in [5.41, 5.74) is 43.7. The normalized spacial score (nSPS) is 16.1. The molecule has 0 spiro atoms. The van der Waals surface area contributed by atoms with Crippen LogP contribution in [-0.2, 0) is 81.5 Å². The minimum absolute atomic E-state index is 0.0296. The van der Waals surface area contributed by atoms with Gasteiger partial charge in [0.1, 0.15) is 84.6 Å². The number of carbonyl (C=O) groups is 17. The highest BCUT2D eigenvalue weighted by molar-refractivity contribution is 7.80. The molecule has 33 N–H and O–H groups in total. The van der Waals surface area contributed by atoms with E-state index in [1.54, 1.807) is 27.7 Å². The zero-order valence-electron chi connectivity index (χ0n) is 63.5. The lowest BCUT2D eigenvalue weighted by Crippen LogP contribution is -2.63. The number of hydrogen-bond acceptors (Lipinski definition) is 25. The summed E-state index contributed by atoms with van der Waals surface area (Å²) in [7, 11) is 0. The number of aliphatic hydroxyl groups is 3. The monoisotopic (exact) mass is 1610 g/mol. The fraction of sp³-hybridized carbons (Fsp3) is 0.703. The second-order valence-corrected chi connectivity index (χ2v) is 28.0. The van der Waals surface area contributed by atoms with Gasteiger partial charge < -0.3 is 135 Å². The molecule has 0 saturated carbocycles. The highest BCUT2D eigenvalue weighted by Gasteiger charge is 2.41. The molecule has 0 aliphatic heterocycles. The summed E-state index contributed by atoms with van der Waals surface area (Å²) in [4.78, 5) is 236. The number of carboxylic acids is 1. The first-order valence-electron chi connectivity index (χ1n) is 35.2. The van der Waals surface area contributed by atoms with Crippen molar-refractivity contribution in [1.82, 2.24) is 69.1 Å². The Labute approximate surface area is 647 Å². The van der Waals surface area contributed by atoms with Crippen LogP contribution in [0.4, 0.5) is 0 Å². The Balaban J connectivity index is 7.10. The summed E-state index contributed by atoms with van der Waals surface area (Å²) in [5, 5.41) is 71.5. The molecule has 624 valence electrons. The highest BCUT2D eigenvalue weighted by Crippen LogP contribution is 2.15. The van der Waals surface area contributed by atoms with Gasteiger partial charge in [0.15, 0.2) is 11.9 Å². The third kappa shape index (κ3) is 37.0. The van der Waals surface area contributed by atoms with Crippen LogP contribution in [0.1, 0.15) is 134 Å². The average Bonchev–Trinajstić information content (AvgIpc) is 0.857. The van der Waals surface area contributed by atoms with E-state index in [0.29, 0.717) is 0 Å². The van der Waals surface area contributed by atoms with Crippen molar-refractivity contribution in [3.05, 3.63) is 0 Å². The van der Waals surface area contributed by atoms with Crippen LogP contribution < -0.4 is 115 Å². The quantitative estimate of drug-likeness (QED) is 0.0116. The van der Waals surface area contributed by atoms with E-state index >= 15 is 0 Å². The van der Waals surface area contributed by atoms with Gasteiger partial charge in [-0.1, -0.05) is 61.8 Å². The number of amides is 16. The van der Waals surface area contributed by atoms with E-state index < -0.39 is 258 Å². The Morgan fingerprint density at radius 2 is 0.618 bits per heavy atom. The number of aliphatic imine (C=N–C) groups is 2. The van der Waals surface area contributed by atoms with Gasteiger partial charge in [-0.15, -0.1) is 0 Å². The van der Waals surface area contributed by atoms with Crippen molar-refractivity contribution in [1.29, 1.82) is 0 Å². The SMILES string of the molecule is CC[C@H](C)[C@H](NC(=O)[C@H](CC(N)=O)NC(=O)[C@@H](N)[C@@H](C)O)C(=O)N[C@H](C(=O)N[C@H](C(=O)N[C@@H](CCCN=C(N)N)C(=O)N[C@@H](CS)C(=O)N[C@@H](CC(C)C)C(=O)N[C@@H](CC(N)=O)C(=O)N[C@@H](CCCN=C(N)N)C(=O)N[C@H](C(=O)N[C@@H](CS)C(=O)N[C@H](C(=O)N[C@@H](CC(N)=O)C(=O)O)[C@@H](C)O)C(C)C)[C@@H](C)O)C(C)C. The predicted octanol–water partition coefficient (Wildman–Crippen LogP) is -11.2. The summed E-state index contributed by atoms with van der Waals surface area (Å²) in [5.74, 6) is -23.5. The van der Waals surface area contributed by atoms with Crippen molar-refractivity contribution in [2.75, 3.05) is 24.6 Å². The van der Waals surface area contributed by atoms with Gasteiger partial charge in [-0.05, 0) is 76.5 Å². The van der Waals surface area contributed by atoms with Gasteiger partial charge in [-0.2, -0.15) is 25.3 Å². The maximum Gasteiger partial charge on any atom is 0.326 e. The Kier molecular flexibility index (Phi) is 45.5. The van der Waals surface area contributed by atoms with Crippen LogP contribution in [-0.4, -0.2) is 260 Å². The fourth-order valence-electron chi connectivity index (χ4n) is 10.0. The minimum Gasteiger partial charge on any atom is -0.480 e. The summed E-state index contributed by atoms with van der Waals surface area (Å²) >= 11 is 8.39. The van der Waals surface area contributed by atoms with E-state index in [1.807, 2.05) is 5.32 Å². The van der Waals surface area contributed by atoms with Crippen molar-refractivity contribution in [3.63, 3.8) is 0 Å². The fourth-order valence-corrected chi connectivity index (χ4v) is 10.6. The number of rotatable bonds is 52. The van der Waals surface area contributed by atoms with Gasteiger partial charge in [0.2, 0.25) is 94.5 Å². The topological polar surface area (TPSA) is 760 Å². The molecule has 0 aromatic heterocycles. The van der Waals surface area contributed by atoms with Crippen LogP contribution in [0, 0.1) is 23.7 Å². The van der Waals surface area contributed by atoms with Gasteiger partial charge in [-0.3, -0.25) is 86.7 Å². The summed E-state index contributed by atoms with van der Waals surface area (Å²) < 4.78 is 0. The molecular formula is C64H115N23O21S2. The lowest BCUT2D eigenvalue weighted by molar-refractivity contribution is -0.144. The maximum absolute atomic E-state index is 14.4. The first-order chi connectivity index (χ1) is 51.0. The van der Waals surface area contributed by atoms with E-state index in [2.05, 4.69) is 99.0 Å². The third-order valence-electron chi connectivity index (χ3n) is 16.5. The van der Waals surface area contributed by atoms with Crippen LogP contribution in [0.2, 0.25) is 0 Å². The molecule has 44 nitrogen and oxygen atoms in total. The first kappa shape index (κ1) is 100. The number of nitrogens with two attached hydrogens (primary N) is 8. The lowest BCUT2D eigenvalue weighted by Gasteiger charge is -2.31. The van der Waals surface area contributed by atoms with E-state index in [4.69, 9.17) is 45.9 Å². The Hall–Kier alpha value is -9.93. The van der Waals surface area contributed by atoms with Crippen LogP contribution in [0.3, 0.4) is 0 Å². The summed E-state index contributed by atoms with van der Waals surface area (Å²) in [6.07, 6.45) is -7.89. The number of aliphatic carboxylic acids is 1. The number of primary amides is 3. The van der Waals surface area contributed by atoms with Crippen molar-refractivity contribution in [2.24, 2.45) is 79.5 Å². The number of nitrogens with one attached hydrogen (secondary N) is 13. The molecule has 0 aliphatic carbocycles. The zero-order valence-corrected chi connectivity index (χ0v) is 65.2. The first-order valence-corrected chi connectivity index (χ1v) is 36.5. The molecule has 0 aliphatic rings. The zero-order chi connectivity index (χ0) is 84.9. The van der Waals surface area contributed by atoms with Crippen molar-refractivity contribution in [3.8, 4) is 0 Å². The van der Waals surface area contributed by atoms with Crippen molar-refractivity contribution < 1.29 is 102 Å². The molecule has 0 heterocycles. The number of aliphatic hydroxyl groups excluding tert-OH is 3. The van der Waals surface area contributed by atoms with Crippen molar-refractivity contribution >= 4 is 138 Å². The molecular weight excluding hydrogens is 1490 g/mol. The number of carboxylic acid groups (broad SMARTS) is 1. The number of thiol groups is 2. The molecule has 16 amide bonds. The Morgan fingerprint density at radius 3 is 1.00 bits per heavy atom. The highest BCUT2D eigenvalue weighted by atomic mass is 32.1. The Morgan fingerprint density at radius 1 is 0.345 bits per heavy atom. The number of guanidine groups is 2. The molecule has 110 heavy (non-hydrogen) atoms. The van der Waals surface area contributed by atoms with Gasteiger partial charge in [0, 0.05) is 24.6 Å². The van der Waals surface area contributed by atoms with Crippen LogP contribution in [0.15, 0.2) is 9.98 Å². The summed E-state index contributed by atoms with van der Waals surface area (Å²) in [6.45, 7) is 15.7. The lowest BCUT2D eigenvalue weighted by atomic mass is 9.95. The van der Waals surface area contributed by atoms with Gasteiger partial charge in [-0.25, -0.2) is 4.79 Å². The van der Waals surface area contributed by atoms with E-state index in [-0.39, 0.29) is 63.5 Å². The molecule has 18 atom stereocenters.